The van der Waals surface area contributed by atoms with Crippen molar-refractivity contribution in [3.63, 3.8) is 0 Å². The molecule has 0 amide bonds. The van der Waals surface area contributed by atoms with Crippen LogP contribution in [0.4, 0.5) is 0 Å². The van der Waals surface area contributed by atoms with Gasteiger partial charge in [0.05, 0.1) is 16.8 Å². The Bertz CT molecular complexity index is 363. The SMILES string of the molecule is CCc1nc(C)c(C(C)NCCC(O)C(C)C)s1. The number of aliphatic hydroxyl groups excluding tert-OH is 1. The van der Waals surface area contributed by atoms with Gasteiger partial charge in [0.2, 0.25) is 0 Å². The highest BCUT2D eigenvalue weighted by Gasteiger charge is 2.14. The molecule has 4 heteroatoms. The first kappa shape index (κ1) is 15.6. The summed E-state index contributed by atoms with van der Waals surface area (Å²) in [4.78, 5) is 5.88. The second-order valence-electron chi connectivity index (χ2n) is 5.19. The van der Waals surface area contributed by atoms with E-state index in [-0.39, 0.29) is 6.10 Å². The lowest BCUT2D eigenvalue weighted by Gasteiger charge is -2.17. The zero-order valence-corrected chi connectivity index (χ0v) is 13.0. The number of nitrogens with one attached hydrogen (secondary N) is 1. The summed E-state index contributed by atoms with van der Waals surface area (Å²) in [5.41, 5.74) is 1.14. The van der Waals surface area contributed by atoms with Gasteiger partial charge in [-0.2, -0.15) is 0 Å². The number of hydrogen-bond donors (Lipinski definition) is 2. The van der Waals surface area contributed by atoms with E-state index in [0.29, 0.717) is 12.0 Å². The first-order valence-corrected chi connectivity index (χ1v) is 7.65. The fraction of sp³-hybridized carbons (Fsp3) is 0.786. The maximum atomic E-state index is 9.76. The third-order valence-electron chi connectivity index (χ3n) is 3.23. The van der Waals surface area contributed by atoms with Crippen molar-refractivity contribution in [3.05, 3.63) is 15.6 Å². The number of nitrogens with zero attached hydrogens (tertiary/aromatic N) is 1. The molecule has 0 saturated heterocycles. The minimum Gasteiger partial charge on any atom is -0.393 e. The van der Waals surface area contributed by atoms with E-state index in [9.17, 15) is 5.11 Å². The number of thiazole rings is 1. The molecule has 18 heavy (non-hydrogen) atoms. The van der Waals surface area contributed by atoms with Gasteiger partial charge in [-0.05, 0) is 39.2 Å². The summed E-state index contributed by atoms with van der Waals surface area (Å²) >= 11 is 1.80. The molecule has 0 radical (unpaired) electrons. The van der Waals surface area contributed by atoms with Crippen molar-refractivity contribution in [3.8, 4) is 0 Å². The first-order chi connectivity index (χ1) is 8.45. The van der Waals surface area contributed by atoms with Gasteiger partial charge in [0.25, 0.3) is 0 Å². The lowest BCUT2D eigenvalue weighted by atomic mass is 10.0. The van der Waals surface area contributed by atoms with Crippen molar-refractivity contribution >= 4 is 11.3 Å². The summed E-state index contributed by atoms with van der Waals surface area (Å²) in [5, 5.41) is 14.4. The van der Waals surface area contributed by atoms with Crippen molar-refractivity contribution in [1.82, 2.24) is 10.3 Å². The molecule has 3 nitrogen and oxygen atoms in total. The fourth-order valence-electron chi connectivity index (χ4n) is 1.89. The predicted molar refractivity (Wildman–Crippen MR) is 78.1 cm³/mol. The lowest BCUT2D eigenvalue weighted by Crippen LogP contribution is -2.25. The Balaban J connectivity index is 2.45. The van der Waals surface area contributed by atoms with Crippen LogP contribution in [0.25, 0.3) is 0 Å². The largest absolute Gasteiger partial charge is 0.393 e. The highest BCUT2D eigenvalue weighted by molar-refractivity contribution is 7.11. The predicted octanol–water partition coefficient (Wildman–Crippen LogP) is 3.07. The molecule has 2 unspecified atom stereocenters. The average molecular weight is 270 g/mol. The molecular weight excluding hydrogens is 244 g/mol. The highest BCUT2D eigenvalue weighted by atomic mass is 32.1. The topological polar surface area (TPSA) is 45.2 Å². The van der Waals surface area contributed by atoms with Gasteiger partial charge in [-0.1, -0.05) is 20.8 Å². The quantitative estimate of drug-likeness (QED) is 0.800. The molecule has 0 spiro atoms. The summed E-state index contributed by atoms with van der Waals surface area (Å²) in [6, 6.07) is 0.321. The van der Waals surface area contributed by atoms with E-state index in [1.165, 1.54) is 9.88 Å². The number of aliphatic hydroxyl groups is 1. The molecule has 0 aliphatic carbocycles. The number of hydrogen-bond acceptors (Lipinski definition) is 4. The van der Waals surface area contributed by atoms with Crippen molar-refractivity contribution in [1.29, 1.82) is 0 Å². The van der Waals surface area contributed by atoms with E-state index < -0.39 is 0 Å². The molecule has 1 aromatic rings. The van der Waals surface area contributed by atoms with Crippen LogP contribution in [0.1, 0.15) is 55.7 Å². The second-order valence-corrected chi connectivity index (χ2v) is 6.30. The van der Waals surface area contributed by atoms with Crippen LogP contribution < -0.4 is 5.32 Å². The standard InChI is InChI=1S/C14H26N2OS/c1-6-13-16-11(5)14(18-13)10(4)15-8-7-12(17)9(2)3/h9-10,12,15,17H,6-8H2,1-5H3. The Labute approximate surface area is 115 Å². The first-order valence-electron chi connectivity index (χ1n) is 6.83. The lowest BCUT2D eigenvalue weighted by molar-refractivity contribution is 0.115. The van der Waals surface area contributed by atoms with E-state index in [1.54, 1.807) is 11.3 Å². The van der Waals surface area contributed by atoms with E-state index in [4.69, 9.17) is 0 Å². The van der Waals surface area contributed by atoms with Crippen LogP contribution in [-0.2, 0) is 6.42 Å². The van der Waals surface area contributed by atoms with Crippen LogP contribution in [0.15, 0.2) is 0 Å². The van der Waals surface area contributed by atoms with Crippen LogP contribution in [0.3, 0.4) is 0 Å². The molecule has 0 fully saturated rings. The van der Waals surface area contributed by atoms with E-state index in [0.717, 1.165) is 25.1 Å². The number of aromatic nitrogens is 1. The Hall–Kier alpha value is -0.450. The molecule has 0 saturated carbocycles. The Morgan fingerprint density at radius 1 is 1.33 bits per heavy atom. The van der Waals surface area contributed by atoms with Crippen LogP contribution >= 0.6 is 11.3 Å². The monoisotopic (exact) mass is 270 g/mol. The van der Waals surface area contributed by atoms with Crippen molar-refractivity contribution in [2.24, 2.45) is 5.92 Å². The summed E-state index contributed by atoms with van der Waals surface area (Å²) in [6.07, 6.45) is 1.60. The van der Waals surface area contributed by atoms with E-state index in [1.807, 2.05) is 0 Å². The van der Waals surface area contributed by atoms with Gasteiger partial charge < -0.3 is 10.4 Å². The smallest absolute Gasteiger partial charge is 0.0928 e. The van der Waals surface area contributed by atoms with Gasteiger partial charge in [-0.15, -0.1) is 11.3 Å². The van der Waals surface area contributed by atoms with Gasteiger partial charge in [0, 0.05) is 10.9 Å². The summed E-state index contributed by atoms with van der Waals surface area (Å²) in [5.74, 6) is 0.332. The van der Waals surface area contributed by atoms with Crippen LogP contribution in [-0.4, -0.2) is 22.7 Å². The second kappa shape index (κ2) is 7.22. The maximum absolute atomic E-state index is 9.76. The van der Waals surface area contributed by atoms with E-state index >= 15 is 0 Å². The average Bonchev–Trinajstić information content (AvgIpc) is 2.70. The van der Waals surface area contributed by atoms with Gasteiger partial charge in [-0.3, -0.25) is 0 Å². The maximum Gasteiger partial charge on any atom is 0.0928 e. The summed E-state index contributed by atoms with van der Waals surface area (Å²) in [6.45, 7) is 11.3. The Kier molecular flexibility index (Phi) is 6.26. The summed E-state index contributed by atoms with van der Waals surface area (Å²) in [7, 11) is 0. The van der Waals surface area contributed by atoms with Crippen LogP contribution in [0, 0.1) is 12.8 Å². The molecule has 1 rings (SSSR count). The van der Waals surface area contributed by atoms with Crippen molar-refractivity contribution in [2.45, 2.75) is 59.6 Å². The molecule has 0 aliphatic heterocycles. The van der Waals surface area contributed by atoms with Gasteiger partial charge in [-0.25, -0.2) is 4.98 Å². The van der Waals surface area contributed by atoms with Gasteiger partial charge >= 0.3 is 0 Å². The number of aryl methyl sites for hydroxylation is 2. The van der Waals surface area contributed by atoms with Crippen LogP contribution in [0.5, 0.6) is 0 Å². The van der Waals surface area contributed by atoms with Gasteiger partial charge in [0.1, 0.15) is 0 Å². The molecule has 2 atom stereocenters. The van der Waals surface area contributed by atoms with E-state index in [2.05, 4.69) is 44.9 Å². The zero-order chi connectivity index (χ0) is 13.7. The number of rotatable bonds is 7. The molecule has 0 aliphatic rings. The minimum absolute atomic E-state index is 0.210. The molecule has 1 heterocycles. The molecule has 1 aromatic heterocycles. The van der Waals surface area contributed by atoms with Crippen LogP contribution in [0.2, 0.25) is 0 Å². The third kappa shape index (κ3) is 4.34. The Morgan fingerprint density at radius 3 is 2.50 bits per heavy atom. The highest BCUT2D eigenvalue weighted by Crippen LogP contribution is 2.25. The third-order valence-corrected chi connectivity index (χ3v) is 4.72. The molecule has 0 aromatic carbocycles. The van der Waals surface area contributed by atoms with Crippen molar-refractivity contribution < 1.29 is 5.11 Å². The normalized spacial score (nSPS) is 15.1. The minimum atomic E-state index is -0.210. The fourth-order valence-corrected chi connectivity index (χ4v) is 2.93. The Morgan fingerprint density at radius 2 is 2.00 bits per heavy atom. The molecule has 0 bridgehead atoms. The summed E-state index contributed by atoms with van der Waals surface area (Å²) < 4.78 is 0. The molecular formula is C14H26N2OS. The van der Waals surface area contributed by atoms with Gasteiger partial charge in [0.15, 0.2) is 0 Å². The molecule has 104 valence electrons. The molecule has 2 N–H and O–H groups in total. The zero-order valence-electron chi connectivity index (χ0n) is 12.2. The van der Waals surface area contributed by atoms with Crippen molar-refractivity contribution in [2.75, 3.05) is 6.54 Å².